The Balaban J connectivity index is 2.21. The lowest BCUT2D eigenvalue weighted by Crippen LogP contribution is -2.50. The van der Waals surface area contributed by atoms with Crippen molar-refractivity contribution in [3.05, 3.63) is 0 Å². The van der Waals surface area contributed by atoms with E-state index < -0.39 is 18.1 Å². The first kappa shape index (κ1) is 7.24. The second-order valence-electron chi connectivity index (χ2n) is 2.41. The highest BCUT2D eigenvalue weighted by Gasteiger charge is 2.45. The summed E-state index contributed by atoms with van der Waals surface area (Å²) in [6.07, 6.45) is -1.96. The van der Waals surface area contributed by atoms with E-state index in [0.29, 0.717) is 0 Å². The van der Waals surface area contributed by atoms with Crippen LogP contribution in [0.3, 0.4) is 0 Å². The van der Waals surface area contributed by atoms with Gasteiger partial charge >= 0.3 is 6.09 Å². The molecule has 3 nitrogen and oxygen atoms in total. The number of hydrogen-bond donors (Lipinski definition) is 2. The summed E-state index contributed by atoms with van der Waals surface area (Å²) < 4.78 is 24.0. The SMILES string of the molecule is O=C(O)NC1CC(F)(F)C1. The first-order chi connectivity index (χ1) is 4.49. The molecule has 0 bridgehead atoms. The quantitative estimate of drug-likeness (QED) is 0.588. The van der Waals surface area contributed by atoms with E-state index in [1.165, 1.54) is 0 Å². The van der Waals surface area contributed by atoms with Crippen molar-refractivity contribution < 1.29 is 18.7 Å². The van der Waals surface area contributed by atoms with Gasteiger partial charge in [0, 0.05) is 18.9 Å². The van der Waals surface area contributed by atoms with Crippen LogP contribution < -0.4 is 5.32 Å². The predicted octanol–water partition coefficient (Wildman–Crippen LogP) is 1.05. The van der Waals surface area contributed by atoms with Crippen molar-refractivity contribution in [3.8, 4) is 0 Å². The average Bonchev–Trinajstić information content (AvgIpc) is 1.57. The Labute approximate surface area is 56.0 Å². The first-order valence-corrected chi connectivity index (χ1v) is 2.87. The molecule has 0 heterocycles. The van der Waals surface area contributed by atoms with E-state index in [-0.39, 0.29) is 12.8 Å². The minimum absolute atomic E-state index is 0.362. The third kappa shape index (κ3) is 1.55. The third-order valence-corrected chi connectivity index (χ3v) is 1.42. The molecule has 5 heteroatoms. The van der Waals surface area contributed by atoms with Crippen molar-refractivity contribution >= 4 is 6.09 Å². The molecule has 0 spiro atoms. The summed E-state index contributed by atoms with van der Waals surface area (Å²) in [5.74, 6) is -2.65. The third-order valence-electron chi connectivity index (χ3n) is 1.42. The van der Waals surface area contributed by atoms with Crippen molar-refractivity contribution in [2.24, 2.45) is 0 Å². The van der Waals surface area contributed by atoms with Crippen LogP contribution in [0.15, 0.2) is 0 Å². The number of carbonyl (C=O) groups is 1. The molecule has 0 aromatic carbocycles. The van der Waals surface area contributed by atoms with E-state index in [0.717, 1.165) is 0 Å². The number of alkyl halides is 2. The minimum atomic E-state index is -2.65. The maximum Gasteiger partial charge on any atom is 0.404 e. The van der Waals surface area contributed by atoms with E-state index in [9.17, 15) is 13.6 Å². The predicted molar refractivity (Wildman–Crippen MR) is 29.1 cm³/mol. The highest BCUT2D eigenvalue weighted by atomic mass is 19.3. The van der Waals surface area contributed by atoms with Crippen LogP contribution in [0.2, 0.25) is 0 Å². The van der Waals surface area contributed by atoms with Gasteiger partial charge in [0.15, 0.2) is 0 Å². The molecular formula is C5H7F2NO2. The molecule has 0 aromatic heterocycles. The van der Waals surface area contributed by atoms with Gasteiger partial charge in [-0.1, -0.05) is 0 Å². The number of amides is 1. The molecule has 1 rings (SSSR count). The normalized spacial score (nSPS) is 23.4. The molecule has 0 aromatic rings. The standard InChI is InChI=1S/C5H7F2NO2/c6-5(7)1-3(2-5)8-4(9)10/h3,8H,1-2H2,(H,9,10). The van der Waals surface area contributed by atoms with E-state index in [4.69, 9.17) is 5.11 Å². The van der Waals surface area contributed by atoms with Crippen LogP contribution in [0.25, 0.3) is 0 Å². The molecule has 1 aliphatic carbocycles. The summed E-state index contributed by atoms with van der Waals surface area (Å²) in [4.78, 5) is 9.86. The van der Waals surface area contributed by atoms with Crippen LogP contribution in [0, 0.1) is 0 Å². The summed E-state index contributed by atoms with van der Waals surface area (Å²) >= 11 is 0. The van der Waals surface area contributed by atoms with Gasteiger partial charge in [-0.3, -0.25) is 0 Å². The maximum absolute atomic E-state index is 12.0. The van der Waals surface area contributed by atoms with Crippen LogP contribution in [0.4, 0.5) is 13.6 Å². The van der Waals surface area contributed by atoms with Gasteiger partial charge in [0.1, 0.15) is 0 Å². The Bertz CT molecular complexity index is 152. The summed E-state index contributed by atoms with van der Waals surface area (Å²) in [6.45, 7) is 0. The van der Waals surface area contributed by atoms with Crippen LogP contribution >= 0.6 is 0 Å². The van der Waals surface area contributed by atoms with Gasteiger partial charge in [0.2, 0.25) is 0 Å². The number of carboxylic acid groups (broad SMARTS) is 1. The Morgan fingerprint density at radius 3 is 2.40 bits per heavy atom. The lowest BCUT2D eigenvalue weighted by molar-refractivity contribution is -0.0905. The molecule has 58 valence electrons. The fourth-order valence-electron chi connectivity index (χ4n) is 0.938. The van der Waals surface area contributed by atoms with Gasteiger partial charge in [-0.25, -0.2) is 13.6 Å². The second-order valence-corrected chi connectivity index (χ2v) is 2.41. The van der Waals surface area contributed by atoms with E-state index >= 15 is 0 Å². The zero-order chi connectivity index (χ0) is 7.78. The molecule has 1 aliphatic rings. The Morgan fingerprint density at radius 2 is 2.10 bits per heavy atom. The first-order valence-electron chi connectivity index (χ1n) is 2.87. The molecule has 0 radical (unpaired) electrons. The molecule has 1 fully saturated rings. The summed E-state index contributed by atoms with van der Waals surface area (Å²) in [5.41, 5.74) is 0. The Morgan fingerprint density at radius 1 is 1.60 bits per heavy atom. The maximum atomic E-state index is 12.0. The summed E-state index contributed by atoms with van der Waals surface area (Å²) in [6, 6.07) is -0.549. The monoisotopic (exact) mass is 151 g/mol. The number of halogens is 2. The van der Waals surface area contributed by atoms with Crippen molar-refractivity contribution in [2.45, 2.75) is 24.8 Å². The van der Waals surface area contributed by atoms with Crippen LogP contribution in [-0.2, 0) is 0 Å². The topological polar surface area (TPSA) is 49.3 Å². The fourth-order valence-corrected chi connectivity index (χ4v) is 0.938. The second kappa shape index (κ2) is 2.07. The van der Waals surface area contributed by atoms with Crippen molar-refractivity contribution in [2.75, 3.05) is 0 Å². The van der Waals surface area contributed by atoms with Crippen LogP contribution in [0.5, 0.6) is 0 Å². The average molecular weight is 151 g/mol. The molecule has 2 N–H and O–H groups in total. The van der Waals surface area contributed by atoms with Gasteiger partial charge in [-0.15, -0.1) is 0 Å². The van der Waals surface area contributed by atoms with Crippen LogP contribution in [-0.4, -0.2) is 23.2 Å². The Kier molecular flexibility index (Phi) is 1.50. The highest BCUT2D eigenvalue weighted by molar-refractivity contribution is 5.65. The molecule has 10 heavy (non-hydrogen) atoms. The van der Waals surface area contributed by atoms with Crippen molar-refractivity contribution in [1.29, 1.82) is 0 Å². The smallest absolute Gasteiger partial charge is 0.404 e. The zero-order valence-corrected chi connectivity index (χ0v) is 5.10. The van der Waals surface area contributed by atoms with Crippen LogP contribution in [0.1, 0.15) is 12.8 Å². The molecular weight excluding hydrogens is 144 g/mol. The molecule has 1 amide bonds. The van der Waals surface area contributed by atoms with Crippen molar-refractivity contribution in [3.63, 3.8) is 0 Å². The molecule has 1 saturated carbocycles. The molecule has 0 saturated heterocycles. The number of rotatable bonds is 1. The lowest BCUT2D eigenvalue weighted by atomic mass is 9.88. The lowest BCUT2D eigenvalue weighted by Gasteiger charge is -2.34. The van der Waals surface area contributed by atoms with Crippen molar-refractivity contribution in [1.82, 2.24) is 5.32 Å². The molecule has 0 unspecified atom stereocenters. The summed E-state index contributed by atoms with van der Waals surface area (Å²) in [7, 11) is 0. The number of nitrogens with one attached hydrogen (secondary N) is 1. The number of hydrogen-bond acceptors (Lipinski definition) is 1. The van der Waals surface area contributed by atoms with Gasteiger partial charge in [0.05, 0.1) is 0 Å². The minimum Gasteiger partial charge on any atom is -0.465 e. The van der Waals surface area contributed by atoms with Gasteiger partial charge in [0.25, 0.3) is 5.92 Å². The van der Waals surface area contributed by atoms with E-state index in [1.807, 2.05) is 5.32 Å². The Hall–Kier alpha value is -0.870. The zero-order valence-electron chi connectivity index (χ0n) is 5.10. The fraction of sp³-hybridized carbons (Fsp3) is 0.800. The van der Waals surface area contributed by atoms with Gasteiger partial charge in [-0.05, 0) is 0 Å². The van der Waals surface area contributed by atoms with E-state index in [2.05, 4.69) is 0 Å². The highest BCUT2D eigenvalue weighted by Crippen LogP contribution is 2.37. The van der Waals surface area contributed by atoms with Gasteiger partial charge in [-0.2, -0.15) is 0 Å². The molecule has 0 atom stereocenters. The summed E-state index contributed by atoms with van der Waals surface area (Å²) in [5, 5.41) is 10.0. The largest absolute Gasteiger partial charge is 0.465 e. The van der Waals surface area contributed by atoms with E-state index in [1.54, 1.807) is 0 Å². The van der Waals surface area contributed by atoms with Gasteiger partial charge < -0.3 is 10.4 Å². The molecule has 0 aliphatic heterocycles.